The summed E-state index contributed by atoms with van der Waals surface area (Å²) in [6.07, 6.45) is 2.33. The molecule has 0 aromatic heterocycles. The number of aryl methyl sites for hydroxylation is 2. The smallest absolute Gasteiger partial charge is 0.305 e. The molecule has 15 heavy (non-hydrogen) atoms. The highest BCUT2D eigenvalue weighted by atomic mass is 16.5. The van der Waals surface area contributed by atoms with E-state index in [0.29, 0.717) is 13.0 Å². The van der Waals surface area contributed by atoms with Crippen LogP contribution in [0, 0.1) is 6.92 Å². The summed E-state index contributed by atoms with van der Waals surface area (Å²) in [4.78, 5) is 10.8. The first-order valence-electron chi connectivity index (χ1n) is 5.43. The minimum absolute atomic E-state index is 0.112. The van der Waals surface area contributed by atoms with Crippen molar-refractivity contribution in [1.82, 2.24) is 0 Å². The second-order valence-electron chi connectivity index (χ2n) is 3.66. The Morgan fingerprint density at radius 2 is 1.93 bits per heavy atom. The lowest BCUT2D eigenvalue weighted by atomic mass is 10.1. The summed E-state index contributed by atoms with van der Waals surface area (Å²) in [6, 6.07) is 8.45. The topological polar surface area (TPSA) is 26.3 Å². The van der Waals surface area contributed by atoms with Gasteiger partial charge in [0.2, 0.25) is 0 Å². The van der Waals surface area contributed by atoms with Gasteiger partial charge in [-0.2, -0.15) is 0 Å². The largest absolute Gasteiger partial charge is 0.466 e. The molecule has 0 unspecified atom stereocenters. The molecule has 0 aliphatic carbocycles. The van der Waals surface area contributed by atoms with Gasteiger partial charge in [0.1, 0.15) is 0 Å². The third-order valence-corrected chi connectivity index (χ3v) is 2.28. The van der Waals surface area contributed by atoms with E-state index in [1.807, 2.05) is 6.92 Å². The highest BCUT2D eigenvalue weighted by molar-refractivity contribution is 5.68. The fourth-order valence-corrected chi connectivity index (χ4v) is 1.32. The molecule has 0 heterocycles. The summed E-state index contributed by atoms with van der Waals surface area (Å²) in [7, 11) is 0. The molecular formula is C13H18O2. The highest BCUT2D eigenvalue weighted by Crippen LogP contribution is 2.05. The van der Waals surface area contributed by atoms with Crippen LogP contribution in [0.25, 0.3) is 0 Å². The first-order valence-corrected chi connectivity index (χ1v) is 5.43. The van der Waals surface area contributed by atoms with E-state index in [0.717, 1.165) is 12.8 Å². The molecule has 0 aliphatic rings. The average Bonchev–Trinajstić information content (AvgIpc) is 2.26. The number of ether oxygens (including phenoxy) is 1. The number of carbonyl (C=O) groups is 1. The van der Waals surface area contributed by atoms with Crippen molar-refractivity contribution in [2.24, 2.45) is 0 Å². The molecule has 2 heteroatoms. The third-order valence-electron chi connectivity index (χ3n) is 2.28. The van der Waals surface area contributed by atoms with E-state index in [4.69, 9.17) is 4.74 Å². The summed E-state index contributed by atoms with van der Waals surface area (Å²) in [5.41, 5.74) is 2.57. The number of rotatable bonds is 5. The molecule has 82 valence electrons. The minimum atomic E-state index is -0.112. The standard InChI is InChI=1S/C13H18O2/c1-3-13(14)15-10-4-5-12-8-6-11(2)7-9-12/h6-9H,3-5,10H2,1-2H3. The van der Waals surface area contributed by atoms with Gasteiger partial charge in [-0.25, -0.2) is 0 Å². The maximum Gasteiger partial charge on any atom is 0.305 e. The summed E-state index contributed by atoms with van der Waals surface area (Å²) >= 11 is 0. The zero-order chi connectivity index (χ0) is 11.1. The normalized spacial score (nSPS) is 10.0. The minimum Gasteiger partial charge on any atom is -0.466 e. The Morgan fingerprint density at radius 3 is 2.53 bits per heavy atom. The first kappa shape index (κ1) is 11.8. The molecule has 0 saturated carbocycles. The van der Waals surface area contributed by atoms with Crippen LogP contribution in [0.3, 0.4) is 0 Å². The first-order chi connectivity index (χ1) is 7.22. The van der Waals surface area contributed by atoms with Crippen LogP contribution in [-0.2, 0) is 16.0 Å². The van der Waals surface area contributed by atoms with Gasteiger partial charge in [-0.05, 0) is 25.3 Å². The number of esters is 1. The van der Waals surface area contributed by atoms with Gasteiger partial charge in [0.15, 0.2) is 0 Å². The maximum atomic E-state index is 10.8. The molecule has 0 atom stereocenters. The Bertz CT molecular complexity index is 301. The van der Waals surface area contributed by atoms with Crippen molar-refractivity contribution in [2.75, 3.05) is 6.61 Å². The molecule has 0 fully saturated rings. The van der Waals surface area contributed by atoms with Gasteiger partial charge < -0.3 is 4.74 Å². The Hall–Kier alpha value is -1.31. The summed E-state index contributed by atoms with van der Waals surface area (Å²) in [5.74, 6) is -0.112. The Labute approximate surface area is 91.3 Å². The van der Waals surface area contributed by atoms with E-state index in [-0.39, 0.29) is 5.97 Å². The quantitative estimate of drug-likeness (QED) is 0.547. The van der Waals surface area contributed by atoms with Gasteiger partial charge in [-0.1, -0.05) is 36.8 Å². The van der Waals surface area contributed by atoms with Crippen LogP contribution >= 0.6 is 0 Å². The molecule has 0 amide bonds. The predicted molar refractivity (Wildman–Crippen MR) is 60.8 cm³/mol. The van der Waals surface area contributed by atoms with E-state index < -0.39 is 0 Å². The molecule has 1 aromatic rings. The zero-order valence-electron chi connectivity index (χ0n) is 9.45. The van der Waals surface area contributed by atoms with Crippen LogP contribution in [0.1, 0.15) is 30.9 Å². The molecule has 2 nitrogen and oxygen atoms in total. The van der Waals surface area contributed by atoms with Crippen molar-refractivity contribution in [1.29, 1.82) is 0 Å². The monoisotopic (exact) mass is 206 g/mol. The van der Waals surface area contributed by atoms with Crippen LogP contribution in [0.5, 0.6) is 0 Å². The van der Waals surface area contributed by atoms with Crippen molar-refractivity contribution in [3.05, 3.63) is 35.4 Å². The lowest BCUT2D eigenvalue weighted by Crippen LogP contribution is -2.04. The Kier molecular flexibility index (Phi) is 4.88. The molecule has 0 radical (unpaired) electrons. The molecule has 1 rings (SSSR count). The lowest BCUT2D eigenvalue weighted by molar-refractivity contribution is -0.143. The predicted octanol–water partition coefficient (Wildman–Crippen LogP) is 2.88. The fraction of sp³-hybridized carbons (Fsp3) is 0.462. The third kappa shape index (κ3) is 4.63. The van der Waals surface area contributed by atoms with Crippen molar-refractivity contribution in [2.45, 2.75) is 33.1 Å². The van der Waals surface area contributed by atoms with Crippen molar-refractivity contribution < 1.29 is 9.53 Å². The number of hydrogen-bond acceptors (Lipinski definition) is 2. The molecule has 0 bridgehead atoms. The van der Waals surface area contributed by atoms with Crippen LogP contribution in [0.4, 0.5) is 0 Å². The SMILES string of the molecule is CCC(=O)OCCCc1ccc(C)cc1. The molecule has 0 aliphatic heterocycles. The van der Waals surface area contributed by atoms with Crippen LogP contribution < -0.4 is 0 Å². The van der Waals surface area contributed by atoms with Gasteiger partial charge in [0.05, 0.1) is 6.61 Å². The lowest BCUT2D eigenvalue weighted by Gasteiger charge is -2.03. The van der Waals surface area contributed by atoms with E-state index in [1.165, 1.54) is 11.1 Å². The second-order valence-corrected chi connectivity index (χ2v) is 3.66. The van der Waals surface area contributed by atoms with Gasteiger partial charge in [0, 0.05) is 6.42 Å². The van der Waals surface area contributed by atoms with E-state index >= 15 is 0 Å². The molecule has 0 spiro atoms. The average molecular weight is 206 g/mol. The van der Waals surface area contributed by atoms with Gasteiger partial charge in [-0.15, -0.1) is 0 Å². The second kappa shape index (κ2) is 6.23. The van der Waals surface area contributed by atoms with Crippen LogP contribution in [0.2, 0.25) is 0 Å². The summed E-state index contributed by atoms with van der Waals surface area (Å²) in [5, 5.41) is 0. The number of carbonyl (C=O) groups excluding carboxylic acids is 1. The fourth-order valence-electron chi connectivity index (χ4n) is 1.32. The molecule has 0 N–H and O–H groups in total. The van der Waals surface area contributed by atoms with Crippen molar-refractivity contribution >= 4 is 5.97 Å². The highest BCUT2D eigenvalue weighted by Gasteiger charge is 1.98. The van der Waals surface area contributed by atoms with E-state index in [1.54, 1.807) is 0 Å². The Balaban J connectivity index is 2.20. The summed E-state index contributed by atoms with van der Waals surface area (Å²) in [6.45, 7) is 4.41. The zero-order valence-corrected chi connectivity index (χ0v) is 9.45. The van der Waals surface area contributed by atoms with Crippen molar-refractivity contribution in [3.63, 3.8) is 0 Å². The molecule has 0 saturated heterocycles. The van der Waals surface area contributed by atoms with Gasteiger partial charge >= 0.3 is 5.97 Å². The number of hydrogen-bond donors (Lipinski definition) is 0. The van der Waals surface area contributed by atoms with Crippen LogP contribution in [0.15, 0.2) is 24.3 Å². The summed E-state index contributed by atoms with van der Waals surface area (Å²) < 4.78 is 5.00. The van der Waals surface area contributed by atoms with E-state index in [9.17, 15) is 4.79 Å². The van der Waals surface area contributed by atoms with Gasteiger partial charge in [-0.3, -0.25) is 4.79 Å². The number of benzene rings is 1. The Morgan fingerprint density at radius 1 is 1.27 bits per heavy atom. The van der Waals surface area contributed by atoms with Crippen molar-refractivity contribution in [3.8, 4) is 0 Å². The molecular weight excluding hydrogens is 188 g/mol. The maximum absolute atomic E-state index is 10.8. The van der Waals surface area contributed by atoms with Crippen LogP contribution in [-0.4, -0.2) is 12.6 Å². The van der Waals surface area contributed by atoms with E-state index in [2.05, 4.69) is 31.2 Å². The van der Waals surface area contributed by atoms with Gasteiger partial charge in [0.25, 0.3) is 0 Å². The molecule has 1 aromatic carbocycles.